The van der Waals surface area contributed by atoms with E-state index in [0.29, 0.717) is 38.6 Å². The van der Waals surface area contributed by atoms with E-state index in [0.717, 1.165) is 12.8 Å². The van der Waals surface area contributed by atoms with Crippen LogP contribution in [0.15, 0.2) is 6.20 Å². The maximum absolute atomic E-state index is 12.0. The molecule has 0 unspecified atom stereocenters. The highest BCUT2D eigenvalue weighted by molar-refractivity contribution is 5.77. The predicted octanol–water partition coefficient (Wildman–Crippen LogP) is 0.0377. The van der Waals surface area contributed by atoms with E-state index in [2.05, 4.69) is 10.3 Å². The second kappa shape index (κ2) is 10.2. The summed E-state index contributed by atoms with van der Waals surface area (Å²) in [7, 11) is 1.70. The van der Waals surface area contributed by atoms with E-state index < -0.39 is 0 Å². The van der Waals surface area contributed by atoms with Crippen LogP contribution in [-0.2, 0) is 37.0 Å². The third-order valence-electron chi connectivity index (χ3n) is 3.95. The van der Waals surface area contributed by atoms with Crippen molar-refractivity contribution in [3.05, 3.63) is 11.9 Å². The van der Waals surface area contributed by atoms with Gasteiger partial charge in [0.2, 0.25) is 5.91 Å². The molecule has 2 rings (SSSR count). The number of piperidine rings is 1. The van der Waals surface area contributed by atoms with Gasteiger partial charge in [-0.3, -0.25) is 9.59 Å². The van der Waals surface area contributed by atoms with Crippen LogP contribution in [0.25, 0.3) is 0 Å². The summed E-state index contributed by atoms with van der Waals surface area (Å²) in [6.07, 6.45) is 3.67. The lowest BCUT2D eigenvalue weighted by atomic mass is 10.1. The molecule has 9 nitrogen and oxygen atoms in total. The van der Waals surface area contributed by atoms with Crippen molar-refractivity contribution in [2.45, 2.75) is 39.0 Å². The Labute approximate surface area is 147 Å². The van der Waals surface area contributed by atoms with E-state index in [1.165, 1.54) is 11.6 Å². The van der Waals surface area contributed by atoms with Gasteiger partial charge in [-0.15, -0.1) is 5.10 Å². The van der Waals surface area contributed by atoms with Crippen molar-refractivity contribution in [3.63, 3.8) is 0 Å². The minimum Gasteiger partial charge on any atom is -0.381 e. The van der Waals surface area contributed by atoms with Crippen LogP contribution in [0.2, 0.25) is 0 Å². The Morgan fingerprint density at radius 3 is 2.64 bits per heavy atom. The van der Waals surface area contributed by atoms with Gasteiger partial charge in [0.05, 0.1) is 32.1 Å². The fourth-order valence-electron chi connectivity index (χ4n) is 2.60. The first-order valence-electron chi connectivity index (χ1n) is 8.43. The number of ether oxygens (including phenoxy) is 3. The van der Waals surface area contributed by atoms with Crippen molar-refractivity contribution < 1.29 is 23.8 Å². The zero-order chi connectivity index (χ0) is 18.1. The number of likely N-dealkylation sites (tertiary alicyclic amines) is 1. The number of carbonyl (C=O) groups excluding carboxylic acids is 2. The van der Waals surface area contributed by atoms with Gasteiger partial charge in [0.25, 0.3) is 0 Å². The molecule has 1 saturated heterocycles. The normalized spacial score (nSPS) is 15.5. The molecule has 0 radical (unpaired) electrons. The molecule has 1 aliphatic rings. The van der Waals surface area contributed by atoms with Crippen molar-refractivity contribution in [1.29, 1.82) is 0 Å². The molecule has 0 bridgehead atoms. The van der Waals surface area contributed by atoms with E-state index in [4.69, 9.17) is 14.2 Å². The van der Waals surface area contributed by atoms with E-state index in [-0.39, 0.29) is 30.9 Å². The van der Waals surface area contributed by atoms with Crippen LogP contribution in [0.5, 0.6) is 0 Å². The fourth-order valence-corrected chi connectivity index (χ4v) is 2.60. The number of ketones is 1. The highest BCUT2D eigenvalue weighted by Gasteiger charge is 2.22. The number of aromatic nitrogens is 3. The Balaban J connectivity index is 1.52. The summed E-state index contributed by atoms with van der Waals surface area (Å²) >= 11 is 0. The van der Waals surface area contributed by atoms with Gasteiger partial charge in [0.1, 0.15) is 18.8 Å². The average molecular weight is 354 g/mol. The van der Waals surface area contributed by atoms with Gasteiger partial charge in [0, 0.05) is 20.2 Å². The maximum Gasteiger partial charge on any atom is 0.248 e. The van der Waals surface area contributed by atoms with Gasteiger partial charge in [-0.25, -0.2) is 4.68 Å². The monoisotopic (exact) mass is 354 g/mol. The van der Waals surface area contributed by atoms with Crippen molar-refractivity contribution in [2.24, 2.45) is 0 Å². The predicted molar refractivity (Wildman–Crippen MR) is 87.8 cm³/mol. The highest BCUT2D eigenvalue weighted by atomic mass is 16.5. The Kier molecular flexibility index (Phi) is 7.96. The molecule has 1 aliphatic heterocycles. The van der Waals surface area contributed by atoms with Crippen LogP contribution < -0.4 is 0 Å². The number of carbonyl (C=O) groups is 2. The summed E-state index contributed by atoms with van der Waals surface area (Å²) in [5.41, 5.74) is 0.651. The Morgan fingerprint density at radius 1 is 1.24 bits per heavy atom. The van der Waals surface area contributed by atoms with Crippen LogP contribution in [0.4, 0.5) is 0 Å². The van der Waals surface area contributed by atoms with Crippen LogP contribution in [0.3, 0.4) is 0 Å². The van der Waals surface area contributed by atoms with Gasteiger partial charge >= 0.3 is 0 Å². The average Bonchev–Trinajstić information content (AvgIpc) is 3.04. The van der Waals surface area contributed by atoms with E-state index in [1.807, 2.05) is 4.90 Å². The summed E-state index contributed by atoms with van der Waals surface area (Å²) in [5, 5.41) is 7.75. The molecule has 0 N–H and O–H groups in total. The molecule has 0 saturated carbocycles. The zero-order valence-electron chi connectivity index (χ0n) is 14.8. The SMILES string of the molecule is COC1CCN(C(=O)COCCOCc2cn(CC(C)=O)nn2)CC1. The Morgan fingerprint density at radius 2 is 1.96 bits per heavy atom. The van der Waals surface area contributed by atoms with Gasteiger partial charge in [-0.05, 0) is 19.8 Å². The molecule has 1 fully saturated rings. The van der Waals surface area contributed by atoms with Crippen molar-refractivity contribution >= 4 is 11.7 Å². The molecule has 0 atom stereocenters. The van der Waals surface area contributed by atoms with Crippen molar-refractivity contribution in [1.82, 2.24) is 19.9 Å². The molecule has 9 heteroatoms. The molecular formula is C16H26N4O5. The Hall–Kier alpha value is -1.84. The third-order valence-corrected chi connectivity index (χ3v) is 3.95. The highest BCUT2D eigenvalue weighted by Crippen LogP contribution is 2.12. The minimum atomic E-state index is 0.00160. The van der Waals surface area contributed by atoms with Crippen molar-refractivity contribution in [3.8, 4) is 0 Å². The van der Waals surface area contributed by atoms with Crippen LogP contribution >= 0.6 is 0 Å². The third kappa shape index (κ3) is 6.89. The first-order chi connectivity index (χ1) is 12.1. The lowest BCUT2D eigenvalue weighted by Gasteiger charge is -2.31. The molecule has 1 aromatic rings. The summed E-state index contributed by atoms with van der Waals surface area (Å²) < 4.78 is 17.6. The summed E-state index contributed by atoms with van der Waals surface area (Å²) in [6.45, 7) is 4.19. The molecule has 1 aromatic heterocycles. The van der Waals surface area contributed by atoms with Crippen LogP contribution in [0.1, 0.15) is 25.5 Å². The lowest BCUT2D eigenvalue weighted by molar-refractivity contribution is -0.139. The lowest BCUT2D eigenvalue weighted by Crippen LogP contribution is -2.42. The first-order valence-corrected chi connectivity index (χ1v) is 8.43. The van der Waals surface area contributed by atoms with Crippen LogP contribution in [-0.4, -0.2) is 77.7 Å². The van der Waals surface area contributed by atoms with Crippen LogP contribution in [0, 0.1) is 0 Å². The number of methoxy groups -OCH3 is 1. The smallest absolute Gasteiger partial charge is 0.248 e. The second-order valence-corrected chi connectivity index (χ2v) is 6.03. The van der Waals surface area contributed by atoms with Gasteiger partial charge in [-0.1, -0.05) is 5.21 Å². The van der Waals surface area contributed by atoms with E-state index in [9.17, 15) is 9.59 Å². The maximum atomic E-state index is 12.0. The molecular weight excluding hydrogens is 328 g/mol. The summed E-state index contributed by atoms with van der Waals surface area (Å²) in [5.74, 6) is 0.0172. The van der Waals surface area contributed by atoms with Crippen molar-refractivity contribution in [2.75, 3.05) is 40.0 Å². The fraction of sp³-hybridized carbons (Fsp3) is 0.750. The zero-order valence-corrected chi connectivity index (χ0v) is 14.8. The summed E-state index contributed by atoms with van der Waals surface area (Å²) in [6, 6.07) is 0. The van der Waals surface area contributed by atoms with Gasteiger partial charge in [0.15, 0.2) is 5.78 Å². The second-order valence-electron chi connectivity index (χ2n) is 6.03. The number of Topliss-reactive ketones (excluding diaryl/α,β-unsaturated/α-hetero) is 1. The molecule has 1 amide bonds. The minimum absolute atomic E-state index is 0.00160. The Bertz CT molecular complexity index is 554. The number of amides is 1. The molecule has 0 aliphatic carbocycles. The number of nitrogens with zero attached hydrogens (tertiary/aromatic N) is 4. The number of rotatable bonds is 10. The standard InChI is InChI=1S/C16H26N4O5/c1-13(21)9-20-10-14(17-18-20)11-24-7-8-25-12-16(22)19-5-3-15(23-2)4-6-19/h10,15H,3-9,11-12H2,1-2H3. The molecule has 140 valence electrons. The largest absolute Gasteiger partial charge is 0.381 e. The first kappa shape index (κ1) is 19.5. The summed E-state index contributed by atoms with van der Waals surface area (Å²) in [4.78, 5) is 24.8. The number of hydrogen-bond acceptors (Lipinski definition) is 7. The van der Waals surface area contributed by atoms with E-state index >= 15 is 0 Å². The topological polar surface area (TPSA) is 95.8 Å². The van der Waals surface area contributed by atoms with Gasteiger partial charge in [-0.2, -0.15) is 0 Å². The van der Waals surface area contributed by atoms with E-state index in [1.54, 1.807) is 13.3 Å². The molecule has 0 spiro atoms. The molecule has 25 heavy (non-hydrogen) atoms. The quantitative estimate of drug-likeness (QED) is 0.547. The van der Waals surface area contributed by atoms with Gasteiger partial charge < -0.3 is 19.1 Å². The number of hydrogen-bond donors (Lipinski definition) is 0. The molecule has 2 heterocycles. The molecule has 0 aromatic carbocycles.